The molecule has 0 saturated carbocycles. The summed E-state index contributed by atoms with van der Waals surface area (Å²) >= 11 is 0. The van der Waals surface area contributed by atoms with E-state index in [-0.39, 0.29) is 5.54 Å². The number of aromatic nitrogens is 2. The second-order valence-corrected chi connectivity index (χ2v) is 5.69. The lowest BCUT2D eigenvalue weighted by Crippen LogP contribution is -2.57. The minimum atomic E-state index is -0.269. The van der Waals surface area contributed by atoms with Crippen LogP contribution in [0.4, 0.5) is 0 Å². The topological polar surface area (TPSA) is 57.4 Å². The van der Waals surface area contributed by atoms with Crippen LogP contribution in [0, 0.1) is 0 Å². The molecule has 0 aromatic carbocycles. The normalized spacial score (nSPS) is 31.8. The maximum absolute atomic E-state index is 5.41. The van der Waals surface area contributed by atoms with Crippen LogP contribution < -0.4 is 5.32 Å². The van der Waals surface area contributed by atoms with Crippen LogP contribution in [0.2, 0.25) is 0 Å². The molecule has 3 aliphatic rings. The van der Waals surface area contributed by atoms with Gasteiger partial charge in [-0.2, -0.15) is 4.98 Å². The van der Waals surface area contributed by atoms with Crippen LogP contribution in [-0.4, -0.2) is 59.7 Å². The van der Waals surface area contributed by atoms with Gasteiger partial charge in [0, 0.05) is 32.7 Å². The van der Waals surface area contributed by atoms with Crippen LogP contribution in [-0.2, 0) is 5.54 Å². The van der Waals surface area contributed by atoms with E-state index >= 15 is 0 Å². The fraction of sp³-hybridized carbons (Fsp3) is 0.833. The Morgan fingerprint density at radius 3 is 2.56 bits per heavy atom. The van der Waals surface area contributed by atoms with Gasteiger partial charge in [0.15, 0.2) is 5.82 Å². The van der Waals surface area contributed by atoms with Crippen LogP contribution in [0.1, 0.15) is 31.6 Å². The molecule has 18 heavy (non-hydrogen) atoms. The second kappa shape index (κ2) is 4.29. The Morgan fingerprint density at radius 1 is 1.28 bits per heavy atom. The van der Waals surface area contributed by atoms with E-state index in [9.17, 15) is 0 Å². The summed E-state index contributed by atoms with van der Waals surface area (Å²) in [6.07, 6.45) is 0. The number of hydrogen-bond acceptors (Lipinski definition) is 6. The average Bonchev–Trinajstić information content (AvgIpc) is 2.90. The van der Waals surface area contributed by atoms with Crippen molar-refractivity contribution in [2.45, 2.75) is 25.4 Å². The number of rotatable bonds is 3. The number of hydrogen-bond donors (Lipinski definition) is 1. The van der Waals surface area contributed by atoms with Gasteiger partial charge in [-0.15, -0.1) is 0 Å². The lowest BCUT2D eigenvalue weighted by Gasteiger charge is -2.46. The largest absolute Gasteiger partial charge is 0.337 e. The fourth-order valence-electron chi connectivity index (χ4n) is 2.59. The van der Waals surface area contributed by atoms with E-state index in [0.29, 0.717) is 11.9 Å². The van der Waals surface area contributed by atoms with Gasteiger partial charge in [-0.3, -0.25) is 9.80 Å². The number of fused-ring (bicyclic) bond motifs is 3. The van der Waals surface area contributed by atoms with Crippen LogP contribution in [0.25, 0.3) is 0 Å². The van der Waals surface area contributed by atoms with E-state index in [2.05, 4.69) is 25.3 Å². The molecule has 2 bridgehead atoms. The number of nitrogens with zero attached hydrogens (tertiary/aromatic N) is 4. The first kappa shape index (κ1) is 12.1. The summed E-state index contributed by atoms with van der Waals surface area (Å²) in [7, 11) is 1.90. The van der Waals surface area contributed by atoms with E-state index in [4.69, 9.17) is 4.52 Å². The molecule has 100 valence electrons. The highest BCUT2D eigenvalue weighted by Crippen LogP contribution is 2.28. The molecule has 0 aliphatic carbocycles. The molecule has 4 heterocycles. The van der Waals surface area contributed by atoms with Gasteiger partial charge in [0.1, 0.15) is 0 Å². The Hall–Kier alpha value is -0.980. The standard InChI is InChI=1S/C12H21N5O/c1-12(2,13-3)11-14-10(15-18-11)9-8-16-4-6-17(9)7-5-16/h9,13H,4-8H2,1-3H3. The SMILES string of the molecule is CNC(C)(C)c1nc(C2CN3CCN2CC3)no1. The molecular formula is C12H21N5O. The Balaban J connectivity index is 1.81. The number of piperazine rings is 3. The van der Waals surface area contributed by atoms with Gasteiger partial charge in [-0.05, 0) is 20.9 Å². The van der Waals surface area contributed by atoms with E-state index in [1.807, 2.05) is 20.9 Å². The van der Waals surface area contributed by atoms with Crippen molar-refractivity contribution in [3.05, 3.63) is 11.7 Å². The van der Waals surface area contributed by atoms with Crippen molar-refractivity contribution in [1.29, 1.82) is 0 Å². The quantitative estimate of drug-likeness (QED) is 0.828. The Morgan fingerprint density at radius 2 is 2.00 bits per heavy atom. The van der Waals surface area contributed by atoms with Crippen LogP contribution >= 0.6 is 0 Å². The summed E-state index contributed by atoms with van der Waals surface area (Å²) in [6.45, 7) is 9.68. The highest BCUT2D eigenvalue weighted by atomic mass is 16.5. The summed E-state index contributed by atoms with van der Waals surface area (Å²) in [5.74, 6) is 1.50. The molecule has 0 spiro atoms. The lowest BCUT2D eigenvalue weighted by molar-refractivity contribution is 0.00781. The van der Waals surface area contributed by atoms with Gasteiger partial charge in [0.2, 0.25) is 5.89 Å². The molecule has 0 radical (unpaired) electrons. The summed E-state index contributed by atoms with van der Waals surface area (Å²) in [6, 6.07) is 0.303. The Bertz CT molecular complexity index is 422. The van der Waals surface area contributed by atoms with Crippen molar-refractivity contribution in [1.82, 2.24) is 25.3 Å². The maximum atomic E-state index is 5.41. The number of nitrogens with one attached hydrogen (secondary N) is 1. The first-order chi connectivity index (χ1) is 8.60. The third-order valence-corrected chi connectivity index (χ3v) is 4.18. The van der Waals surface area contributed by atoms with E-state index in [0.717, 1.165) is 25.5 Å². The summed E-state index contributed by atoms with van der Waals surface area (Å²) < 4.78 is 5.41. The zero-order chi connectivity index (χ0) is 12.8. The summed E-state index contributed by atoms with van der Waals surface area (Å²) in [5.41, 5.74) is -0.269. The molecule has 4 rings (SSSR count). The minimum absolute atomic E-state index is 0.269. The highest BCUT2D eigenvalue weighted by molar-refractivity contribution is 5.05. The highest BCUT2D eigenvalue weighted by Gasteiger charge is 2.36. The smallest absolute Gasteiger partial charge is 0.246 e. The molecule has 0 amide bonds. The Labute approximate surface area is 107 Å². The molecule has 1 atom stereocenters. The van der Waals surface area contributed by atoms with Crippen LogP contribution in [0.15, 0.2) is 4.52 Å². The molecular weight excluding hydrogens is 230 g/mol. The molecule has 3 saturated heterocycles. The molecule has 6 heteroatoms. The van der Waals surface area contributed by atoms with Crippen LogP contribution in [0.3, 0.4) is 0 Å². The first-order valence-corrected chi connectivity index (χ1v) is 6.59. The molecule has 1 aromatic rings. The van der Waals surface area contributed by atoms with Crippen molar-refractivity contribution in [2.24, 2.45) is 0 Å². The zero-order valence-electron chi connectivity index (χ0n) is 11.3. The van der Waals surface area contributed by atoms with Crippen LogP contribution in [0.5, 0.6) is 0 Å². The van der Waals surface area contributed by atoms with Crippen molar-refractivity contribution in [3.8, 4) is 0 Å². The summed E-state index contributed by atoms with van der Waals surface area (Å²) in [4.78, 5) is 9.52. The molecule has 3 fully saturated rings. The van der Waals surface area contributed by atoms with Gasteiger partial charge < -0.3 is 9.84 Å². The minimum Gasteiger partial charge on any atom is -0.337 e. The van der Waals surface area contributed by atoms with E-state index in [1.54, 1.807) is 0 Å². The van der Waals surface area contributed by atoms with Gasteiger partial charge in [0.05, 0.1) is 11.6 Å². The zero-order valence-corrected chi connectivity index (χ0v) is 11.3. The van der Waals surface area contributed by atoms with Gasteiger partial charge >= 0.3 is 0 Å². The first-order valence-electron chi connectivity index (χ1n) is 6.59. The average molecular weight is 251 g/mol. The maximum Gasteiger partial charge on any atom is 0.246 e. The van der Waals surface area contributed by atoms with Crippen molar-refractivity contribution in [3.63, 3.8) is 0 Å². The van der Waals surface area contributed by atoms with E-state index < -0.39 is 0 Å². The summed E-state index contributed by atoms with van der Waals surface area (Å²) in [5, 5.41) is 7.37. The third kappa shape index (κ3) is 1.94. The van der Waals surface area contributed by atoms with Crippen molar-refractivity contribution < 1.29 is 4.52 Å². The lowest BCUT2D eigenvalue weighted by atomic mass is 10.1. The van der Waals surface area contributed by atoms with Gasteiger partial charge in [-0.1, -0.05) is 5.16 Å². The van der Waals surface area contributed by atoms with E-state index in [1.165, 1.54) is 13.1 Å². The predicted molar refractivity (Wildman–Crippen MR) is 67.1 cm³/mol. The Kier molecular flexibility index (Phi) is 2.88. The molecule has 1 aromatic heterocycles. The molecule has 6 nitrogen and oxygen atoms in total. The molecule has 3 aliphatic heterocycles. The fourth-order valence-corrected chi connectivity index (χ4v) is 2.59. The predicted octanol–water partition coefficient (Wildman–Crippen LogP) is 0.196. The molecule has 1 N–H and O–H groups in total. The monoisotopic (exact) mass is 251 g/mol. The molecule has 1 unspecified atom stereocenters. The van der Waals surface area contributed by atoms with Crippen molar-refractivity contribution >= 4 is 0 Å². The second-order valence-electron chi connectivity index (χ2n) is 5.69. The van der Waals surface area contributed by atoms with Crippen molar-refractivity contribution in [2.75, 3.05) is 39.8 Å². The van der Waals surface area contributed by atoms with Gasteiger partial charge in [-0.25, -0.2) is 0 Å². The third-order valence-electron chi connectivity index (χ3n) is 4.18. The van der Waals surface area contributed by atoms with Gasteiger partial charge in [0.25, 0.3) is 0 Å².